The Balaban J connectivity index is 0.000000235. The van der Waals surface area contributed by atoms with Gasteiger partial charge in [-0.1, -0.05) is 6.08 Å². The highest BCUT2D eigenvalue weighted by atomic mass is 16.5. The standard InChI is InChI=1S/C9H8O5.C5H6O.C3H2O2/c1-9-3-2-4(14-9)5(7(10)11)6(9)8(12)13;1-5-3-2-4-6-5;1-2-3(4)5/h2-4H,1H3,(H,10,11)(H,12,13);2-4H,1H3;1H,(H,4,5). The number of fused-ring (bicyclic) bond motifs is 2. The summed E-state index contributed by atoms with van der Waals surface area (Å²) in [5.74, 6) is -1.28. The van der Waals surface area contributed by atoms with E-state index in [1.165, 1.54) is 5.92 Å². The third kappa shape index (κ3) is 4.83. The fourth-order valence-electron chi connectivity index (χ4n) is 2.24. The van der Waals surface area contributed by atoms with Gasteiger partial charge in [0.25, 0.3) is 0 Å². The Morgan fingerprint density at radius 3 is 2.12 bits per heavy atom. The van der Waals surface area contributed by atoms with Crippen molar-refractivity contribution in [3.63, 3.8) is 0 Å². The molecule has 0 spiro atoms. The lowest BCUT2D eigenvalue weighted by molar-refractivity contribution is -0.136. The minimum atomic E-state index is -1.24. The molecule has 3 rings (SSSR count). The van der Waals surface area contributed by atoms with Gasteiger partial charge in [0.1, 0.15) is 17.5 Å². The van der Waals surface area contributed by atoms with Crippen molar-refractivity contribution in [3.05, 3.63) is 47.5 Å². The van der Waals surface area contributed by atoms with Gasteiger partial charge in [-0.3, -0.25) is 0 Å². The summed E-state index contributed by atoms with van der Waals surface area (Å²) in [4.78, 5) is 30.8. The molecule has 2 unspecified atom stereocenters. The molecule has 2 aliphatic heterocycles. The average Bonchev–Trinajstić information content (AvgIpc) is 3.21. The largest absolute Gasteiger partial charge is 0.478 e. The van der Waals surface area contributed by atoms with Crippen molar-refractivity contribution in [3.8, 4) is 12.3 Å². The van der Waals surface area contributed by atoms with Crippen molar-refractivity contribution < 1.29 is 38.9 Å². The van der Waals surface area contributed by atoms with Gasteiger partial charge in [0, 0.05) is 5.92 Å². The molecule has 0 aliphatic carbocycles. The molecule has 2 atom stereocenters. The highest BCUT2D eigenvalue weighted by Crippen LogP contribution is 2.42. The topological polar surface area (TPSA) is 134 Å². The van der Waals surface area contributed by atoms with Gasteiger partial charge in [-0.15, -0.1) is 6.42 Å². The lowest BCUT2D eigenvalue weighted by atomic mass is 9.88. The molecule has 0 saturated carbocycles. The quantitative estimate of drug-likeness (QED) is 0.540. The van der Waals surface area contributed by atoms with Gasteiger partial charge >= 0.3 is 17.9 Å². The number of terminal acetylenes is 1. The summed E-state index contributed by atoms with van der Waals surface area (Å²) in [6, 6.07) is 3.79. The lowest BCUT2D eigenvalue weighted by Gasteiger charge is -2.17. The van der Waals surface area contributed by atoms with Crippen LogP contribution in [0.1, 0.15) is 12.7 Å². The summed E-state index contributed by atoms with van der Waals surface area (Å²) in [6.45, 7) is 3.46. The van der Waals surface area contributed by atoms with E-state index in [9.17, 15) is 9.59 Å². The molecular weight excluding hydrogens is 332 g/mol. The third-order valence-electron chi connectivity index (χ3n) is 3.24. The Kier molecular flexibility index (Phi) is 6.31. The van der Waals surface area contributed by atoms with E-state index in [1.54, 1.807) is 25.3 Å². The first-order valence-electron chi connectivity index (χ1n) is 6.90. The number of hydrogen-bond acceptors (Lipinski definition) is 5. The minimum Gasteiger partial charge on any atom is -0.478 e. The normalized spacial score (nSPS) is 22.2. The summed E-state index contributed by atoms with van der Waals surface area (Å²) in [5.41, 5.74) is -1.41. The molecule has 0 fully saturated rings. The summed E-state index contributed by atoms with van der Waals surface area (Å²) in [6.07, 6.45) is 8.41. The van der Waals surface area contributed by atoms with Crippen molar-refractivity contribution in [1.29, 1.82) is 0 Å². The first kappa shape index (κ1) is 19.7. The number of furan rings is 1. The molecule has 2 aliphatic rings. The first-order valence-corrected chi connectivity index (χ1v) is 6.90. The van der Waals surface area contributed by atoms with Crippen LogP contribution in [0.5, 0.6) is 0 Å². The number of aliphatic carboxylic acids is 3. The fourth-order valence-corrected chi connectivity index (χ4v) is 2.24. The van der Waals surface area contributed by atoms with Gasteiger partial charge < -0.3 is 24.5 Å². The molecule has 1 aromatic heterocycles. The Morgan fingerprint density at radius 2 is 1.84 bits per heavy atom. The van der Waals surface area contributed by atoms with E-state index >= 15 is 0 Å². The average molecular weight is 348 g/mol. The van der Waals surface area contributed by atoms with Gasteiger partial charge in [0.2, 0.25) is 0 Å². The molecule has 3 N–H and O–H groups in total. The number of carbonyl (C=O) groups is 3. The molecule has 8 heteroatoms. The monoisotopic (exact) mass is 348 g/mol. The molecular formula is C17H16O8. The zero-order valence-electron chi connectivity index (χ0n) is 13.4. The van der Waals surface area contributed by atoms with Gasteiger partial charge in [-0.2, -0.15) is 0 Å². The van der Waals surface area contributed by atoms with Gasteiger partial charge in [0.15, 0.2) is 0 Å². The van der Waals surface area contributed by atoms with Crippen LogP contribution in [-0.2, 0) is 19.1 Å². The van der Waals surface area contributed by atoms with Crippen LogP contribution in [0.4, 0.5) is 0 Å². The van der Waals surface area contributed by atoms with Crippen LogP contribution < -0.4 is 0 Å². The zero-order chi connectivity index (χ0) is 19.2. The van der Waals surface area contributed by atoms with Crippen molar-refractivity contribution in [2.24, 2.45) is 0 Å². The number of carboxylic acids is 3. The second-order valence-corrected chi connectivity index (χ2v) is 5.08. The maximum absolute atomic E-state index is 10.9. The summed E-state index contributed by atoms with van der Waals surface area (Å²) in [7, 11) is 0. The predicted octanol–water partition coefficient (Wildman–Crippen LogP) is 1.47. The highest BCUT2D eigenvalue weighted by Gasteiger charge is 2.50. The summed E-state index contributed by atoms with van der Waals surface area (Å²) < 4.78 is 10.1. The van der Waals surface area contributed by atoms with Crippen LogP contribution in [-0.4, -0.2) is 44.9 Å². The maximum atomic E-state index is 10.9. The fraction of sp³-hybridized carbons (Fsp3) is 0.235. The molecule has 8 nitrogen and oxygen atoms in total. The number of aryl methyl sites for hydroxylation is 1. The highest BCUT2D eigenvalue weighted by molar-refractivity contribution is 6.03. The smallest absolute Gasteiger partial charge is 0.381 e. The molecule has 0 amide bonds. The van der Waals surface area contributed by atoms with Crippen LogP contribution in [0.15, 0.2) is 46.1 Å². The SMILES string of the molecule is C#CC(=O)O.CC12C=CC(O1)C(C(=O)O)=C2C(=O)O.Cc1ccco1. The number of carboxylic acid groups (broad SMARTS) is 3. The maximum Gasteiger partial charge on any atom is 0.381 e. The first-order chi connectivity index (χ1) is 11.6. The lowest BCUT2D eigenvalue weighted by Crippen LogP contribution is -2.27. The molecule has 25 heavy (non-hydrogen) atoms. The van der Waals surface area contributed by atoms with Crippen molar-refractivity contribution in [2.75, 3.05) is 0 Å². The van der Waals surface area contributed by atoms with Gasteiger partial charge in [-0.05, 0) is 32.1 Å². The second kappa shape index (κ2) is 7.99. The Morgan fingerprint density at radius 1 is 1.24 bits per heavy atom. The minimum absolute atomic E-state index is 0.164. The van der Waals surface area contributed by atoms with Crippen molar-refractivity contribution >= 4 is 17.9 Å². The van der Waals surface area contributed by atoms with Crippen LogP contribution in [0, 0.1) is 19.3 Å². The third-order valence-corrected chi connectivity index (χ3v) is 3.24. The van der Waals surface area contributed by atoms with Crippen molar-refractivity contribution in [1.82, 2.24) is 0 Å². The molecule has 3 heterocycles. The molecule has 0 radical (unpaired) electrons. The van der Waals surface area contributed by atoms with Crippen LogP contribution in [0.3, 0.4) is 0 Å². The summed E-state index contributed by atoms with van der Waals surface area (Å²) >= 11 is 0. The summed E-state index contributed by atoms with van der Waals surface area (Å²) in [5, 5.41) is 25.2. The molecule has 1 aromatic rings. The van der Waals surface area contributed by atoms with E-state index in [1.807, 2.05) is 19.1 Å². The van der Waals surface area contributed by atoms with E-state index in [0.717, 1.165) is 5.76 Å². The molecule has 0 saturated heterocycles. The molecule has 0 aromatic carbocycles. The van der Waals surface area contributed by atoms with E-state index in [0.29, 0.717) is 0 Å². The second-order valence-electron chi connectivity index (χ2n) is 5.08. The van der Waals surface area contributed by atoms with Crippen LogP contribution in [0.25, 0.3) is 0 Å². The Labute approximate surface area is 143 Å². The number of ether oxygens (including phenoxy) is 1. The van der Waals surface area contributed by atoms with E-state index in [-0.39, 0.29) is 11.1 Å². The Bertz CT molecular complexity index is 763. The van der Waals surface area contributed by atoms with Crippen LogP contribution in [0.2, 0.25) is 0 Å². The zero-order valence-corrected chi connectivity index (χ0v) is 13.4. The molecule has 132 valence electrons. The van der Waals surface area contributed by atoms with E-state index in [4.69, 9.17) is 29.3 Å². The van der Waals surface area contributed by atoms with Crippen molar-refractivity contribution in [2.45, 2.75) is 25.6 Å². The van der Waals surface area contributed by atoms with Crippen LogP contribution >= 0.6 is 0 Å². The van der Waals surface area contributed by atoms with E-state index < -0.39 is 29.6 Å². The van der Waals surface area contributed by atoms with Gasteiger partial charge in [-0.25, -0.2) is 14.4 Å². The molecule has 2 bridgehead atoms. The number of hydrogen-bond donors (Lipinski definition) is 3. The Hall–Kier alpha value is -3.31. The predicted molar refractivity (Wildman–Crippen MR) is 84.6 cm³/mol. The van der Waals surface area contributed by atoms with Gasteiger partial charge in [0.05, 0.1) is 17.4 Å². The van der Waals surface area contributed by atoms with E-state index in [2.05, 4.69) is 6.42 Å². The number of rotatable bonds is 2.